The average Bonchev–Trinajstić information content (AvgIpc) is 2.04. The fourth-order valence-corrected chi connectivity index (χ4v) is 0.591. The van der Waals surface area contributed by atoms with Crippen molar-refractivity contribution >= 4 is 28.8 Å². The average molecular weight is 262 g/mol. The van der Waals surface area contributed by atoms with E-state index >= 15 is 0 Å². The van der Waals surface area contributed by atoms with Crippen LogP contribution in [0.25, 0.3) is 0 Å². The molecule has 0 saturated heterocycles. The number of rotatable bonds is 4. The van der Waals surface area contributed by atoms with Gasteiger partial charge >= 0.3 is 0 Å². The van der Waals surface area contributed by atoms with E-state index in [4.69, 9.17) is 0 Å². The predicted molar refractivity (Wildman–Crippen MR) is 59.0 cm³/mol. The highest BCUT2D eigenvalue weighted by Crippen LogP contribution is 1.98. The molecule has 60 valence electrons. The zero-order chi connectivity index (χ0) is 8.53. The van der Waals surface area contributed by atoms with Crippen molar-refractivity contribution in [3.05, 3.63) is 34.7 Å². The van der Waals surface area contributed by atoms with Gasteiger partial charge in [-0.1, -0.05) is 12.7 Å². The van der Waals surface area contributed by atoms with E-state index in [9.17, 15) is 0 Å². The highest BCUT2D eigenvalue weighted by atomic mass is 127. The molecule has 0 aliphatic heterocycles. The topological polar surface area (TPSA) is 24.4 Å². The molecule has 0 aliphatic rings. The molecule has 1 N–H and O–H groups in total. The van der Waals surface area contributed by atoms with Gasteiger partial charge < -0.3 is 5.32 Å². The first-order valence-electron chi connectivity index (χ1n) is 3.15. The molecule has 0 aromatic rings. The van der Waals surface area contributed by atoms with E-state index in [1.165, 1.54) is 6.20 Å². The van der Waals surface area contributed by atoms with Crippen molar-refractivity contribution in [2.45, 2.75) is 0 Å². The van der Waals surface area contributed by atoms with Gasteiger partial charge in [0.05, 0.1) is 3.70 Å². The first kappa shape index (κ1) is 10.4. The molecule has 0 atom stereocenters. The highest BCUT2D eigenvalue weighted by molar-refractivity contribution is 14.1. The van der Waals surface area contributed by atoms with Gasteiger partial charge in [-0.25, -0.2) is 0 Å². The Morgan fingerprint density at radius 3 is 2.82 bits per heavy atom. The molecule has 0 amide bonds. The van der Waals surface area contributed by atoms with Crippen LogP contribution in [0.5, 0.6) is 0 Å². The fraction of sp³-hybridized carbons (Fsp3) is 0.125. The molecular formula is C8H11IN2. The molecule has 11 heavy (non-hydrogen) atoms. The first-order chi connectivity index (χ1) is 5.31. The summed E-state index contributed by atoms with van der Waals surface area (Å²) in [5.74, 6) is 0. The minimum absolute atomic E-state index is 1.09. The number of halogens is 1. The Labute approximate surface area is 80.9 Å². The van der Waals surface area contributed by atoms with Crippen LogP contribution in [-0.4, -0.2) is 13.3 Å². The van der Waals surface area contributed by atoms with Crippen molar-refractivity contribution in [2.75, 3.05) is 7.05 Å². The lowest BCUT2D eigenvalue weighted by atomic mass is 10.5. The molecular weight excluding hydrogens is 251 g/mol. The minimum Gasteiger partial charge on any atom is -0.383 e. The smallest absolute Gasteiger partial charge is 0.0729 e. The molecule has 0 fully saturated rings. The van der Waals surface area contributed by atoms with E-state index < -0.39 is 0 Å². The monoisotopic (exact) mass is 262 g/mol. The van der Waals surface area contributed by atoms with Gasteiger partial charge in [0.25, 0.3) is 0 Å². The van der Waals surface area contributed by atoms with Crippen LogP contribution in [0.3, 0.4) is 0 Å². The van der Waals surface area contributed by atoms with Gasteiger partial charge in [0.2, 0.25) is 0 Å². The Balaban J connectivity index is 3.76. The van der Waals surface area contributed by atoms with Crippen LogP contribution in [0.15, 0.2) is 39.7 Å². The molecule has 0 unspecified atom stereocenters. The third-order valence-electron chi connectivity index (χ3n) is 0.870. The molecule has 0 aromatic heterocycles. The summed E-state index contributed by atoms with van der Waals surface area (Å²) in [7, 11) is 1.88. The lowest BCUT2D eigenvalue weighted by Crippen LogP contribution is -1.97. The van der Waals surface area contributed by atoms with Crippen molar-refractivity contribution in [1.82, 2.24) is 5.32 Å². The second-order valence-corrected chi connectivity index (χ2v) is 2.79. The van der Waals surface area contributed by atoms with Crippen molar-refractivity contribution in [1.29, 1.82) is 0 Å². The predicted octanol–water partition coefficient (Wildman–Crippen LogP) is 2.25. The standard InChI is InChI=1S/C8H11IN2/c1-3-11-7-5-4-6-8(9)10-2/h3-7,10H,1H2,2H3. The van der Waals surface area contributed by atoms with Crippen LogP contribution in [0, 0.1) is 0 Å². The summed E-state index contributed by atoms with van der Waals surface area (Å²) in [5.41, 5.74) is 0. The van der Waals surface area contributed by atoms with Gasteiger partial charge in [-0.05, 0) is 34.7 Å². The Bertz CT molecular complexity index is 192. The van der Waals surface area contributed by atoms with Crippen LogP contribution in [0.2, 0.25) is 0 Å². The maximum Gasteiger partial charge on any atom is 0.0729 e. The largest absolute Gasteiger partial charge is 0.383 e. The number of nitrogens with one attached hydrogen (secondary N) is 1. The van der Waals surface area contributed by atoms with Crippen molar-refractivity contribution in [2.24, 2.45) is 4.99 Å². The fourth-order valence-electron chi connectivity index (χ4n) is 0.384. The van der Waals surface area contributed by atoms with Gasteiger partial charge in [0.1, 0.15) is 0 Å². The second kappa shape index (κ2) is 7.53. The van der Waals surface area contributed by atoms with Crippen LogP contribution in [-0.2, 0) is 0 Å². The second-order valence-electron chi connectivity index (χ2n) is 1.63. The van der Waals surface area contributed by atoms with Gasteiger partial charge in [-0.15, -0.1) is 0 Å². The molecule has 0 rings (SSSR count). The number of nitrogens with zero attached hydrogens (tertiary/aromatic N) is 1. The lowest BCUT2D eigenvalue weighted by molar-refractivity contribution is 1.09. The van der Waals surface area contributed by atoms with Crippen molar-refractivity contribution < 1.29 is 0 Å². The molecule has 0 bridgehead atoms. The summed E-state index contributed by atoms with van der Waals surface area (Å²) in [6, 6.07) is 0. The molecule has 0 heterocycles. The SMILES string of the molecule is C=CN=CC=CC=C(I)NC. The minimum atomic E-state index is 1.09. The summed E-state index contributed by atoms with van der Waals surface area (Å²) in [6.07, 6.45) is 8.89. The van der Waals surface area contributed by atoms with E-state index in [-0.39, 0.29) is 0 Å². The van der Waals surface area contributed by atoms with E-state index in [0.717, 1.165) is 3.70 Å². The van der Waals surface area contributed by atoms with E-state index in [0.29, 0.717) is 0 Å². The Morgan fingerprint density at radius 1 is 1.55 bits per heavy atom. The summed E-state index contributed by atoms with van der Waals surface area (Å²) >= 11 is 2.20. The summed E-state index contributed by atoms with van der Waals surface area (Å²) < 4.78 is 1.09. The summed E-state index contributed by atoms with van der Waals surface area (Å²) in [6.45, 7) is 3.45. The quantitative estimate of drug-likeness (QED) is 0.357. The lowest BCUT2D eigenvalue weighted by Gasteiger charge is -1.90. The number of hydrogen-bond donors (Lipinski definition) is 1. The van der Waals surface area contributed by atoms with Crippen molar-refractivity contribution in [3.8, 4) is 0 Å². The Kier molecular flexibility index (Phi) is 7.13. The molecule has 0 saturated carbocycles. The maximum absolute atomic E-state index is 3.79. The third-order valence-corrected chi connectivity index (χ3v) is 1.77. The zero-order valence-electron chi connectivity index (χ0n) is 6.42. The molecule has 0 aliphatic carbocycles. The van der Waals surface area contributed by atoms with Gasteiger partial charge in [-0.3, -0.25) is 4.99 Å². The van der Waals surface area contributed by atoms with Gasteiger partial charge in [0, 0.05) is 19.5 Å². The number of allylic oxidation sites excluding steroid dienone is 3. The highest BCUT2D eigenvalue weighted by Gasteiger charge is 1.76. The van der Waals surface area contributed by atoms with Gasteiger partial charge in [0.15, 0.2) is 0 Å². The Morgan fingerprint density at radius 2 is 2.27 bits per heavy atom. The van der Waals surface area contributed by atoms with Crippen LogP contribution in [0.4, 0.5) is 0 Å². The van der Waals surface area contributed by atoms with Crippen molar-refractivity contribution in [3.63, 3.8) is 0 Å². The molecule has 3 heteroatoms. The van der Waals surface area contributed by atoms with E-state index in [1.807, 2.05) is 25.3 Å². The Hall–Kier alpha value is -0.580. The summed E-state index contributed by atoms with van der Waals surface area (Å²) in [4.78, 5) is 3.79. The first-order valence-corrected chi connectivity index (χ1v) is 4.23. The molecule has 0 radical (unpaired) electrons. The summed E-state index contributed by atoms with van der Waals surface area (Å²) in [5, 5.41) is 2.99. The number of aliphatic imine (C=N–C) groups is 1. The number of hydrogen-bond acceptors (Lipinski definition) is 2. The van der Waals surface area contributed by atoms with Crippen LogP contribution >= 0.6 is 22.6 Å². The van der Waals surface area contributed by atoms with Crippen LogP contribution in [0.1, 0.15) is 0 Å². The van der Waals surface area contributed by atoms with E-state index in [2.05, 4.69) is 39.5 Å². The van der Waals surface area contributed by atoms with Crippen LogP contribution < -0.4 is 5.32 Å². The normalized spacial score (nSPS) is 12.7. The third kappa shape index (κ3) is 7.32. The zero-order valence-corrected chi connectivity index (χ0v) is 8.58. The molecule has 2 nitrogen and oxygen atoms in total. The molecule has 0 spiro atoms. The molecule has 0 aromatic carbocycles. The van der Waals surface area contributed by atoms with E-state index in [1.54, 1.807) is 6.21 Å². The maximum atomic E-state index is 3.79. The van der Waals surface area contributed by atoms with Gasteiger partial charge in [-0.2, -0.15) is 0 Å².